The molecule has 0 unspecified atom stereocenters. The third kappa shape index (κ3) is 4.01. The number of amides is 1. The van der Waals surface area contributed by atoms with Gasteiger partial charge in [-0.1, -0.05) is 30.3 Å². The highest BCUT2D eigenvalue weighted by molar-refractivity contribution is 6.03. The van der Waals surface area contributed by atoms with Gasteiger partial charge in [0.25, 0.3) is 5.91 Å². The highest BCUT2D eigenvalue weighted by Crippen LogP contribution is 2.27. The number of rotatable bonds is 5. The molecule has 0 aliphatic heterocycles. The van der Waals surface area contributed by atoms with Gasteiger partial charge in [-0.05, 0) is 42.8 Å². The van der Waals surface area contributed by atoms with Crippen LogP contribution in [0.1, 0.15) is 29.8 Å². The Morgan fingerprint density at radius 2 is 2.00 bits per heavy atom. The fourth-order valence-corrected chi connectivity index (χ4v) is 2.48. The van der Waals surface area contributed by atoms with Crippen molar-refractivity contribution in [3.05, 3.63) is 72.1 Å². The number of hydrogen-bond acceptors (Lipinski definition) is 4. The number of ether oxygens (including phenoxy) is 1. The number of carbonyl (C=O) groups excluding carboxylic acids is 1. The third-order valence-corrected chi connectivity index (χ3v) is 3.58. The van der Waals surface area contributed by atoms with E-state index in [4.69, 9.17) is 4.74 Å². The molecule has 0 fully saturated rings. The van der Waals surface area contributed by atoms with Gasteiger partial charge in [0.15, 0.2) is 0 Å². The summed E-state index contributed by atoms with van der Waals surface area (Å²) in [5.74, 6) is 0.420. The van der Waals surface area contributed by atoms with E-state index in [2.05, 4.69) is 15.5 Å². The number of carbonyl (C=O) groups is 1. The molecule has 0 bridgehead atoms. The van der Waals surface area contributed by atoms with Gasteiger partial charge < -0.3 is 4.74 Å². The molecule has 0 saturated heterocycles. The van der Waals surface area contributed by atoms with Crippen molar-refractivity contribution in [2.45, 2.75) is 20.0 Å². The van der Waals surface area contributed by atoms with Crippen LogP contribution in [0.3, 0.4) is 0 Å². The number of nitrogens with zero attached hydrogens (tertiary/aromatic N) is 2. The van der Waals surface area contributed by atoms with Crippen molar-refractivity contribution in [1.82, 2.24) is 10.4 Å². The molecule has 2 aromatic carbocycles. The van der Waals surface area contributed by atoms with Crippen molar-refractivity contribution in [3.8, 4) is 5.75 Å². The minimum Gasteiger partial charge on any atom is -0.490 e. The maximum absolute atomic E-state index is 12.1. The summed E-state index contributed by atoms with van der Waals surface area (Å²) in [6.45, 7) is 3.95. The zero-order valence-electron chi connectivity index (χ0n) is 14.1. The predicted octanol–water partition coefficient (Wildman–Crippen LogP) is 3.79. The first-order valence-corrected chi connectivity index (χ1v) is 8.07. The van der Waals surface area contributed by atoms with E-state index >= 15 is 0 Å². The van der Waals surface area contributed by atoms with Gasteiger partial charge in [-0.25, -0.2) is 5.43 Å². The summed E-state index contributed by atoms with van der Waals surface area (Å²) in [5, 5.41) is 6.20. The maximum Gasteiger partial charge on any atom is 0.272 e. The summed E-state index contributed by atoms with van der Waals surface area (Å²) in [6, 6.07) is 15.3. The van der Waals surface area contributed by atoms with Crippen LogP contribution in [-0.4, -0.2) is 23.2 Å². The molecular weight excluding hydrogens is 314 g/mol. The minimum atomic E-state index is -0.309. The van der Waals surface area contributed by atoms with Crippen molar-refractivity contribution >= 4 is 22.9 Å². The van der Waals surface area contributed by atoms with Crippen LogP contribution >= 0.6 is 0 Å². The predicted molar refractivity (Wildman–Crippen MR) is 99.0 cm³/mol. The molecule has 1 amide bonds. The SMILES string of the molecule is CC(C)Oc1ccc2ccccc2c1/C=N\NC(=O)c1cccnc1. The molecule has 3 rings (SSSR count). The molecule has 126 valence electrons. The maximum atomic E-state index is 12.1. The van der Waals surface area contributed by atoms with E-state index < -0.39 is 0 Å². The lowest BCUT2D eigenvalue weighted by Crippen LogP contribution is -2.17. The zero-order chi connectivity index (χ0) is 17.6. The van der Waals surface area contributed by atoms with Crippen molar-refractivity contribution < 1.29 is 9.53 Å². The molecule has 0 atom stereocenters. The van der Waals surface area contributed by atoms with E-state index in [0.29, 0.717) is 5.56 Å². The number of nitrogens with one attached hydrogen (secondary N) is 1. The van der Waals surface area contributed by atoms with Gasteiger partial charge in [-0.2, -0.15) is 5.10 Å². The quantitative estimate of drug-likeness (QED) is 0.571. The lowest BCUT2D eigenvalue weighted by molar-refractivity contribution is 0.0954. The number of hydrogen-bond donors (Lipinski definition) is 1. The van der Waals surface area contributed by atoms with Crippen LogP contribution in [-0.2, 0) is 0 Å². The highest BCUT2D eigenvalue weighted by Gasteiger charge is 2.09. The molecule has 5 heteroatoms. The Kier molecular flexibility index (Phi) is 5.04. The normalized spacial score (nSPS) is 11.2. The van der Waals surface area contributed by atoms with Gasteiger partial charge >= 0.3 is 0 Å². The third-order valence-electron chi connectivity index (χ3n) is 3.58. The van der Waals surface area contributed by atoms with Gasteiger partial charge in [0.1, 0.15) is 5.75 Å². The standard InChI is InChI=1S/C20H19N3O2/c1-14(2)25-19-10-9-15-6-3-4-8-17(15)18(19)13-22-23-20(24)16-7-5-11-21-12-16/h3-14H,1-2H3,(H,23,24)/b22-13-. The van der Waals surface area contributed by atoms with Crippen LogP contribution in [0.15, 0.2) is 66.0 Å². The van der Waals surface area contributed by atoms with E-state index in [-0.39, 0.29) is 12.0 Å². The molecule has 0 spiro atoms. The number of fused-ring (bicyclic) bond motifs is 1. The fourth-order valence-electron chi connectivity index (χ4n) is 2.48. The van der Waals surface area contributed by atoms with E-state index in [1.807, 2.05) is 50.2 Å². The Bertz CT molecular complexity index is 905. The second-order valence-corrected chi connectivity index (χ2v) is 5.81. The van der Waals surface area contributed by atoms with Gasteiger partial charge in [0, 0.05) is 18.0 Å². The fraction of sp³-hybridized carbons (Fsp3) is 0.150. The van der Waals surface area contributed by atoms with Crippen LogP contribution in [0.4, 0.5) is 0 Å². The average Bonchev–Trinajstić information content (AvgIpc) is 2.63. The Morgan fingerprint density at radius 3 is 2.76 bits per heavy atom. The van der Waals surface area contributed by atoms with Crippen LogP contribution in [0.25, 0.3) is 10.8 Å². The summed E-state index contributed by atoms with van der Waals surface area (Å²) in [6.07, 6.45) is 4.77. The van der Waals surface area contributed by atoms with Gasteiger partial charge in [0.05, 0.1) is 17.9 Å². The Hall–Kier alpha value is -3.21. The molecule has 1 N–H and O–H groups in total. The van der Waals surface area contributed by atoms with Gasteiger partial charge in [-0.15, -0.1) is 0 Å². The number of pyridine rings is 1. The van der Waals surface area contributed by atoms with Crippen molar-refractivity contribution in [3.63, 3.8) is 0 Å². The van der Waals surface area contributed by atoms with Crippen molar-refractivity contribution in [2.24, 2.45) is 5.10 Å². The topological polar surface area (TPSA) is 63.6 Å². The second-order valence-electron chi connectivity index (χ2n) is 5.81. The van der Waals surface area contributed by atoms with Crippen molar-refractivity contribution in [2.75, 3.05) is 0 Å². The molecular formula is C20H19N3O2. The first kappa shape index (κ1) is 16.6. The number of aromatic nitrogens is 1. The summed E-state index contributed by atoms with van der Waals surface area (Å²) in [4.78, 5) is 16.0. The monoisotopic (exact) mass is 333 g/mol. The molecule has 0 aliphatic rings. The summed E-state index contributed by atoms with van der Waals surface area (Å²) in [5.41, 5.74) is 3.81. The largest absolute Gasteiger partial charge is 0.490 e. The van der Waals surface area contributed by atoms with Gasteiger partial charge in [0.2, 0.25) is 0 Å². The minimum absolute atomic E-state index is 0.0401. The highest BCUT2D eigenvalue weighted by atomic mass is 16.5. The molecule has 3 aromatic rings. The Balaban J connectivity index is 1.89. The summed E-state index contributed by atoms with van der Waals surface area (Å²) >= 11 is 0. The molecule has 1 aromatic heterocycles. The first-order chi connectivity index (χ1) is 12.1. The van der Waals surface area contributed by atoms with Crippen molar-refractivity contribution in [1.29, 1.82) is 0 Å². The van der Waals surface area contributed by atoms with Gasteiger partial charge in [-0.3, -0.25) is 9.78 Å². The number of hydrazone groups is 1. The summed E-state index contributed by atoms with van der Waals surface area (Å²) < 4.78 is 5.88. The molecule has 5 nitrogen and oxygen atoms in total. The smallest absolute Gasteiger partial charge is 0.272 e. The summed E-state index contributed by atoms with van der Waals surface area (Å²) in [7, 11) is 0. The van der Waals surface area contributed by atoms with Crippen LogP contribution < -0.4 is 10.2 Å². The lowest BCUT2D eigenvalue weighted by atomic mass is 10.0. The van der Waals surface area contributed by atoms with Crippen LogP contribution in [0.2, 0.25) is 0 Å². The van der Waals surface area contributed by atoms with E-state index in [0.717, 1.165) is 22.1 Å². The molecule has 25 heavy (non-hydrogen) atoms. The zero-order valence-corrected chi connectivity index (χ0v) is 14.1. The van der Waals surface area contributed by atoms with Crippen LogP contribution in [0, 0.1) is 0 Å². The second kappa shape index (κ2) is 7.57. The van der Waals surface area contributed by atoms with E-state index in [1.165, 1.54) is 6.20 Å². The Morgan fingerprint density at radius 1 is 1.16 bits per heavy atom. The molecule has 0 radical (unpaired) electrons. The Labute approximate surface area is 146 Å². The van der Waals surface area contributed by atoms with E-state index in [1.54, 1.807) is 24.5 Å². The van der Waals surface area contributed by atoms with E-state index in [9.17, 15) is 4.79 Å². The van der Waals surface area contributed by atoms with Crippen LogP contribution in [0.5, 0.6) is 5.75 Å². The number of benzene rings is 2. The molecule has 0 aliphatic carbocycles. The average molecular weight is 333 g/mol. The molecule has 0 saturated carbocycles. The lowest BCUT2D eigenvalue weighted by Gasteiger charge is -2.14. The molecule has 1 heterocycles. The first-order valence-electron chi connectivity index (χ1n) is 8.07.